The molecule has 4 rings (SSSR count). The van der Waals surface area contributed by atoms with Crippen molar-refractivity contribution in [1.82, 2.24) is 9.88 Å². The number of halogens is 2. The monoisotopic (exact) mass is 372 g/mol. The lowest BCUT2D eigenvalue weighted by molar-refractivity contribution is 0.0935. The second-order valence-electron chi connectivity index (χ2n) is 6.41. The zero-order valence-corrected chi connectivity index (χ0v) is 15.0. The van der Waals surface area contributed by atoms with Crippen molar-refractivity contribution < 1.29 is 13.9 Å². The summed E-state index contributed by atoms with van der Waals surface area (Å²) >= 11 is 6.32. The van der Waals surface area contributed by atoms with E-state index in [4.69, 9.17) is 16.3 Å². The molecule has 1 aliphatic heterocycles. The minimum absolute atomic E-state index is 0.00837. The van der Waals surface area contributed by atoms with Crippen molar-refractivity contribution in [3.05, 3.63) is 64.6 Å². The first-order chi connectivity index (χ1) is 12.6. The molecule has 0 bridgehead atoms. The van der Waals surface area contributed by atoms with Crippen molar-refractivity contribution in [1.29, 1.82) is 0 Å². The third-order valence-corrected chi connectivity index (χ3v) is 5.01. The van der Waals surface area contributed by atoms with Crippen molar-refractivity contribution >= 4 is 28.4 Å². The van der Waals surface area contributed by atoms with E-state index in [0.29, 0.717) is 22.8 Å². The Hall–Kier alpha value is -2.53. The normalized spacial score (nSPS) is 15.7. The van der Waals surface area contributed by atoms with Crippen LogP contribution in [0.25, 0.3) is 10.9 Å². The van der Waals surface area contributed by atoms with Gasteiger partial charge in [0.15, 0.2) is 0 Å². The van der Waals surface area contributed by atoms with Crippen LogP contribution in [0, 0.1) is 5.82 Å². The van der Waals surface area contributed by atoms with Gasteiger partial charge in [-0.1, -0.05) is 30.7 Å². The van der Waals surface area contributed by atoms with E-state index < -0.39 is 0 Å². The number of benzene rings is 2. The molecule has 2 aromatic carbocycles. The SMILES string of the molecule is CCC1Cn2c(C(=O)NCc3cccc(F)c3)cc3c(Cl)ccc(c32)O1. The van der Waals surface area contributed by atoms with Crippen LogP contribution in [-0.4, -0.2) is 16.6 Å². The molecule has 0 saturated carbocycles. The van der Waals surface area contributed by atoms with Gasteiger partial charge in [-0.15, -0.1) is 0 Å². The Morgan fingerprint density at radius 1 is 1.35 bits per heavy atom. The number of carbonyl (C=O) groups is 1. The summed E-state index contributed by atoms with van der Waals surface area (Å²) in [5, 5.41) is 4.25. The number of amides is 1. The Labute approximate surface area is 155 Å². The molecule has 0 aliphatic carbocycles. The number of hydrogen-bond acceptors (Lipinski definition) is 2. The zero-order chi connectivity index (χ0) is 18.3. The largest absolute Gasteiger partial charge is 0.486 e. The molecule has 1 atom stereocenters. The van der Waals surface area contributed by atoms with Gasteiger partial charge in [0.1, 0.15) is 23.4 Å². The number of rotatable bonds is 4. The van der Waals surface area contributed by atoms with E-state index >= 15 is 0 Å². The highest BCUT2D eigenvalue weighted by atomic mass is 35.5. The highest BCUT2D eigenvalue weighted by Crippen LogP contribution is 2.38. The molecule has 4 nitrogen and oxygen atoms in total. The van der Waals surface area contributed by atoms with Gasteiger partial charge in [-0.2, -0.15) is 0 Å². The first-order valence-corrected chi connectivity index (χ1v) is 8.95. The molecular weight excluding hydrogens is 355 g/mol. The molecule has 0 saturated heterocycles. The third-order valence-electron chi connectivity index (χ3n) is 4.68. The summed E-state index contributed by atoms with van der Waals surface area (Å²) in [6, 6.07) is 11.6. The second kappa shape index (κ2) is 6.65. The van der Waals surface area contributed by atoms with E-state index in [-0.39, 0.29) is 24.4 Å². The average molecular weight is 373 g/mol. The number of aromatic nitrogens is 1. The highest BCUT2D eigenvalue weighted by Gasteiger charge is 2.26. The lowest BCUT2D eigenvalue weighted by atomic mass is 10.2. The van der Waals surface area contributed by atoms with E-state index in [2.05, 4.69) is 12.2 Å². The van der Waals surface area contributed by atoms with Crippen LogP contribution < -0.4 is 10.1 Å². The summed E-state index contributed by atoms with van der Waals surface area (Å²) in [7, 11) is 0. The van der Waals surface area contributed by atoms with Crippen LogP contribution >= 0.6 is 11.6 Å². The highest BCUT2D eigenvalue weighted by molar-refractivity contribution is 6.36. The van der Waals surface area contributed by atoms with Gasteiger partial charge in [0.25, 0.3) is 5.91 Å². The third kappa shape index (κ3) is 2.92. The Balaban J connectivity index is 1.67. The Morgan fingerprint density at radius 2 is 2.19 bits per heavy atom. The maximum absolute atomic E-state index is 13.3. The minimum atomic E-state index is -0.320. The van der Waals surface area contributed by atoms with Gasteiger partial charge in [-0.05, 0) is 42.3 Å². The van der Waals surface area contributed by atoms with E-state index in [9.17, 15) is 9.18 Å². The summed E-state index contributed by atoms with van der Waals surface area (Å²) in [5.41, 5.74) is 2.09. The molecule has 2 heterocycles. The maximum Gasteiger partial charge on any atom is 0.268 e. The van der Waals surface area contributed by atoms with Gasteiger partial charge in [-0.3, -0.25) is 4.79 Å². The minimum Gasteiger partial charge on any atom is -0.486 e. The van der Waals surface area contributed by atoms with Crippen molar-refractivity contribution in [3.63, 3.8) is 0 Å². The molecule has 1 N–H and O–H groups in total. The molecule has 3 aromatic rings. The van der Waals surface area contributed by atoms with E-state index in [0.717, 1.165) is 23.1 Å². The van der Waals surface area contributed by atoms with E-state index in [1.54, 1.807) is 24.3 Å². The number of nitrogens with zero attached hydrogens (tertiary/aromatic N) is 1. The molecule has 1 aromatic heterocycles. The quantitative estimate of drug-likeness (QED) is 0.731. The number of ether oxygens (including phenoxy) is 1. The predicted molar refractivity (Wildman–Crippen MR) is 99.2 cm³/mol. The standard InChI is InChI=1S/C20H18ClFN2O2/c1-2-14-11-24-17(9-15-16(21)6-7-18(26-14)19(15)24)20(25)23-10-12-4-3-5-13(22)8-12/h3-9,14H,2,10-11H2,1H3,(H,23,25). The molecule has 1 amide bonds. The van der Waals surface area contributed by atoms with Gasteiger partial charge < -0.3 is 14.6 Å². The lowest BCUT2D eigenvalue weighted by Gasteiger charge is -2.26. The number of carbonyl (C=O) groups excluding carboxylic acids is 1. The van der Waals surface area contributed by atoms with E-state index in [1.807, 2.05) is 10.6 Å². The van der Waals surface area contributed by atoms with Crippen molar-refractivity contribution in [2.75, 3.05) is 0 Å². The Morgan fingerprint density at radius 3 is 2.96 bits per heavy atom. The summed E-state index contributed by atoms with van der Waals surface area (Å²) in [6.07, 6.45) is 0.848. The second-order valence-corrected chi connectivity index (χ2v) is 6.82. The molecule has 6 heteroatoms. The molecule has 26 heavy (non-hydrogen) atoms. The summed E-state index contributed by atoms with van der Waals surface area (Å²) in [6.45, 7) is 2.90. The van der Waals surface area contributed by atoms with Crippen LogP contribution in [0.5, 0.6) is 5.75 Å². The van der Waals surface area contributed by atoms with Crippen LogP contribution in [0.4, 0.5) is 4.39 Å². The first-order valence-electron chi connectivity index (χ1n) is 8.58. The fourth-order valence-corrected chi connectivity index (χ4v) is 3.55. The van der Waals surface area contributed by atoms with Gasteiger partial charge in [-0.25, -0.2) is 4.39 Å². The van der Waals surface area contributed by atoms with Crippen LogP contribution in [0.3, 0.4) is 0 Å². The van der Waals surface area contributed by atoms with Crippen molar-refractivity contribution in [2.45, 2.75) is 32.5 Å². The Kier molecular flexibility index (Phi) is 4.32. The van der Waals surface area contributed by atoms with E-state index in [1.165, 1.54) is 12.1 Å². The van der Waals surface area contributed by atoms with Crippen molar-refractivity contribution in [2.24, 2.45) is 0 Å². The number of nitrogens with one attached hydrogen (secondary N) is 1. The van der Waals surface area contributed by atoms with Gasteiger partial charge in [0.2, 0.25) is 0 Å². The van der Waals surface area contributed by atoms with Crippen LogP contribution in [0.1, 0.15) is 29.4 Å². The smallest absolute Gasteiger partial charge is 0.268 e. The fraction of sp³-hybridized carbons (Fsp3) is 0.250. The number of hydrogen-bond donors (Lipinski definition) is 1. The summed E-state index contributed by atoms with van der Waals surface area (Å²) in [4.78, 5) is 12.8. The van der Waals surface area contributed by atoms with Gasteiger partial charge >= 0.3 is 0 Å². The fourth-order valence-electron chi connectivity index (χ4n) is 3.34. The molecule has 0 spiro atoms. The topological polar surface area (TPSA) is 43.3 Å². The molecule has 1 unspecified atom stereocenters. The van der Waals surface area contributed by atoms with Crippen LogP contribution in [0.15, 0.2) is 42.5 Å². The lowest BCUT2D eigenvalue weighted by Crippen LogP contribution is -2.31. The zero-order valence-electron chi connectivity index (χ0n) is 14.3. The van der Waals surface area contributed by atoms with Crippen LogP contribution in [-0.2, 0) is 13.1 Å². The average Bonchev–Trinajstić information content (AvgIpc) is 3.03. The first kappa shape index (κ1) is 16.9. The van der Waals surface area contributed by atoms with Crippen LogP contribution in [0.2, 0.25) is 5.02 Å². The molecule has 0 radical (unpaired) electrons. The van der Waals surface area contributed by atoms with Crippen molar-refractivity contribution in [3.8, 4) is 5.75 Å². The van der Waals surface area contributed by atoms with Gasteiger partial charge in [0.05, 0.1) is 17.1 Å². The predicted octanol–water partition coefficient (Wildman–Crippen LogP) is 4.53. The maximum atomic E-state index is 13.3. The molecule has 0 fully saturated rings. The molecular formula is C20H18ClFN2O2. The summed E-state index contributed by atoms with van der Waals surface area (Å²) in [5.74, 6) is 0.204. The Bertz CT molecular complexity index is 999. The molecule has 134 valence electrons. The van der Waals surface area contributed by atoms with Gasteiger partial charge in [0, 0.05) is 11.9 Å². The summed E-state index contributed by atoms with van der Waals surface area (Å²) < 4.78 is 21.3. The molecule has 1 aliphatic rings.